The van der Waals surface area contributed by atoms with Crippen molar-refractivity contribution in [1.29, 1.82) is 0 Å². The van der Waals surface area contributed by atoms with Crippen LogP contribution in [0.5, 0.6) is 0 Å². The number of aliphatic imine (C=N–C) groups is 1. The number of halogens is 1. The van der Waals surface area contributed by atoms with Crippen LogP contribution >= 0.6 is 24.0 Å². The average molecular weight is 526 g/mol. The van der Waals surface area contributed by atoms with Crippen LogP contribution in [0.1, 0.15) is 40.2 Å². The number of nitrogens with zero attached hydrogens (tertiary/aromatic N) is 2. The molecule has 0 saturated heterocycles. The maximum Gasteiger partial charge on any atom is 0.240 e. The fraction of sp³-hybridized carbons (Fsp3) is 0.632. The highest BCUT2D eigenvalue weighted by atomic mass is 127. The Balaban J connectivity index is 0.00000729. The van der Waals surface area contributed by atoms with Crippen LogP contribution in [-0.4, -0.2) is 58.0 Å². The van der Waals surface area contributed by atoms with Gasteiger partial charge in [-0.25, -0.2) is 18.1 Å². The molecule has 0 fully saturated rings. The molecule has 0 aliphatic heterocycles. The molecule has 3 N–H and O–H groups in total. The molecule has 0 radical (unpaired) electrons. The van der Waals surface area contributed by atoms with Crippen molar-refractivity contribution in [3.05, 3.63) is 29.8 Å². The van der Waals surface area contributed by atoms with Crippen molar-refractivity contribution in [3.63, 3.8) is 0 Å². The van der Waals surface area contributed by atoms with Crippen LogP contribution in [-0.2, 0) is 16.6 Å². The third-order valence-corrected chi connectivity index (χ3v) is 5.69. The Labute approximate surface area is 187 Å². The van der Waals surface area contributed by atoms with Crippen LogP contribution in [0.2, 0.25) is 0 Å². The van der Waals surface area contributed by atoms with Gasteiger partial charge >= 0.3 is 0 Å². The van der Waals surface area contributed by atoms with Gasteiger partial charge in [0, 0.05) is 31.7 Å². The highest BCUT2D eigenvalue weighted by Crippen LogP contribution is 2.10. The second kappa shape index (κ2) is 13.3. The monoisotopic (exact) mass is 525 g/mol. The zero-order valence-electron chi connectivity index (χ0n) is 17.8. The SMILES string of the molecule is CCNC(=NCc1ccc(S(=O)(=O)NC)cc1)NCCN(C(C)C)C(C)C.I. The van der Waals surface area contributed by atoms with Gasteiger partial charge in [-0.3, -0.25) is 4.90 Å². The molecule has 1 aromatic carbocycles. The number of guanidine groups is 1. The van der Waals surface area contributed by atoms with Gasteiger partial charge in [-0.2, -0.15) is 0 Å². The Morgan fingerprint density at radius 2 is 1.64 bits per heavy atom. The summed E-state index contributed by atoms with van der Waals surface area (Å²) in [5.74, 6) is 0.761. The summed E-state index contributed by atoms with van der Waals surface area (Å²) in [5.41, 5.74) is 0.952. The summed E-state index contributed by atoms with van der Waals surface area (Å²) in [5, 5.41) is 6.61. The lowest BCUT2D eigenvalue weighted by atomic mass is 10.2. The van der Waals surface area contributed by atoms with Crippen molar-refractivity contribution in [3.8, 4) is 0 Å². The van der Waals surface area contributed by atoms with Crippen molar-refractivity contribution in [1.82, 2.24) is 20.3 Å². The molecular formula is C19H36IN5O2S. The first kappa shape index (κ1) is 27.1. The lowest BCUT2D eigenvalue weighted by molar-refractivity contribution is 0.178. The van der Waals surface area contributed by atoms with E-state index in [0.29, 0.717) is 18.6 Å². The van der Waals surface area contributed by atoms with E-state index in [1.54, 1.807) is 24.3 Å². The third-order valence-electron chi connectivity index (χ3n) is 4.26. The Kier molecular flexibility index (Phi) is 12.9. The zero-order valence-corrected chi connectivity index (χ0v) is 21.0. The quantitative estimate of drug-likeness (QED) is 0.248. The van der Waals surface area contributed by atoms with Crippen LogP contribution < -0.4 is 15.4 Å². The summed E-state index contributed by atoms with van der Waals surface area (Å²) in [4.78, 5) is 7.28. The largest absolute Gasteiger partial charge is 0.357 e. The minimum atomic E-state index is -3.40. The Bertz CT molecular complexity index is 683. The summed E-state index contributed by atoms with van der Waals surface area (Å²) < 4.78 is 25.9. The average Bonchev–Trinajstić information content (AvgIpc) is 2.62. The summed E-state index contributed by atoms with van der Waals surface area (Å²) >= 11 is 0. The minimum Gasteiger partial charge on any atom is -0.357 e. The number of hydrogen-bond donors (Lipinski definition) is 3. The lowest BCUT2D eigenvalue weighted by Crippen LogP contribution is -2.45. The van der Waals surface area contributed by atoms with E-state index in [-0.39, 0.29) is 28.9 Å². The Morgan fingerprint density at radius 1 is 1.07 bits per heavy atom. The van der Waals surface area contributed by atoms with Crippen molar-refractivity contribution in [2.45, 2.75) is 58.1 Å². The maximum atomic E-state index is 11.8. The number of sulfonamides is 1. The summed E-state index contributed by atoms with van der Waals surface area (Å²) in [6.45, 7) is 13.9. The van der Waals surface area contributed by atoms with Crippen LogP contribution in [0.4, 0.5) is 0 Å². The molecule has 1 rings (SSSR count). The molecule has 0 unspecified atom stereocenters. The molecule has 0 atom stereocenters. The van der Waals surface area contributed by atoms with E-state index in [1.807, 2.05) is 6.92 Å². The number of hydrogen-bond acceptors (Lipinski definition) is 4. The topological polar surface area (TPSA) is 85.8 Å². The summed E-state index contributed by atoms with van der Waals surface area (Å²) in [7, 11) is -2.00. The van der Waals surface area contributed by atoms with Crippen LogP contribution in [0.3, 0.4) is 0 Å². The van der Waals surface area contributed by atoms with Gasteiger partial charge in [0.15, 0.2) is 5.96 Å². The van der Waals surface area contributed by atoms with Gasteiger partial charge in [-0.05, 0) is 59.4 Å². The summed E-state index contributed by atoms with van der Waals surface area (Å²) in [6.07, 6.45) is 0. The predicted octanol–water partition coefficient (Wildman–Crippen LogP) is 2.39. The second-order valence-electron chi connectivity index (χ2n) is 6.90. The van der Waals surface area contributed by atoms with E-state index in [1.165, 1.54) is 7.05 Å². The van der Waals surface area contributed by atoms with Gasteiger partial charge in [-0.1, -0.05) is 12.1 Å². The van der Waals surface area contributed by atoms with E-state index >= 15 is 0 Å². The lowest BCUT2D eigenvalue weighted by Gasteiger charge is -2.30. The first-order valence-electron chi connectivity index (χ1n) is 9.51. The van der Waals surface area contributed by atoms with Crippen molar-refractivity contribution >= 4 is 40.0 Å². The van der Waals surface area contributed by atoms with E-state index in [0.717, 1.165) is 31.2 Å². The molecule has 0 spiro atoms. The molecule has 0 aromatic heterocycles. The second-order valence-corrected chi connectivity index (χ2v) is 8.79. The highest BCUT2D eigenvalue weighted by Gasteiger charge is 2.13. The predicted molar refractivity (Wildman–Crippen MR) is 128 cm³/mol. The van der Waals surface area contributed by atoms with E-state index in [2.05, 4.69) is 52.9 Å². The van der Waals surface area contributed by atoms with Crippen molar-refractivity contribution < 1.29 is 8.42 Å². The number of benzene rings is 1. The number of rotatable bonds is 10. The van der Waals surface area contributed by atoms with Gasteiger partial charge in [0.25, 0.3) is 0 Å². The van der Waals surface area contributed by atoms with E-state index < -0.39 is 10.0 Å². The minimum absolute atomic E-state index is 0. The van der Waals surface area contributed by atoms with Crippen molar-refractivity contribution in [2.24, 2.45) is 4.99 Å². The standard InChI is InChI=1S/C19H35N5O2S.HI/c1-7-21-19(22-12-13-24(15(2)3)16(4)5)23-14-17-8-10-18(11-9-17)27(25,26)20-6;/h8-11,15-16,20H,7,12-14H2,1-6H3,(H2,21,22,23);1H. The smallest absolute Gasteiger partial charge is 0.240 e. The molecule has 0 saturated carbocycles. The molecule has 9 heteroatoms. The van der Waals surface area contributed by atoms with Gasteiger partial charge < -0.3 is 10.6 Å². The fourth-order valence-corrected chi connectivity index (χ4v) is 3.55. The molecule has 1 aromatic rings. The van der Waals surface area contributed by atoms with Gasteiger partial charge in [0.1, 0.15) is 0 Å². The molecule has 0 heterocycles. The molecule has 0 aliphatic rings. The normalized spacial score (nSPS) is 12.4. The highest BCUT2D eigenvalue weighted by molar-refractivity contribution is 14.0. The number of nitrogens with one attached hydrogen (secondary N) is 3. The maximum absolute atomic E-state index is 11.8. The van der Waals surface area contributed by atoms with Crippen LogP contribution in [0.25, 0.3) is 0 Å². The first-order valence-corrected chi connectivity index (χ1v) is 11.0. The van der Waals surface area contributed by atoms with Gasteiger partial charge in [-0.15, -0.1) is 24.0 Å². The van der Waals surface area contributed by atoms with Crippen LogP contribution in [0.15, 0.2) is 34.2 Å². The molecular weight excluding hydrogens is 489 g/mol. The molecule has 28 heavy (non-hydrogen) atoms. The van der Waals surface area contributed by atoms with E-state index in [9.17, 15) is 8.42 Å². The molecule has 7 nitrogen and oxygen atoms in total. The fourth-order valence-electron chi connectivity index (χ4n) is 2.82. The first-order chi connectivity index (χ1) is 12.7. The van der Waals surface area contributed by atoms with Crippen molar-refractivity contribution in [2.75, 3.05) is 26.7 Å². The van der Waals surface area contributed by atoms with Crippen LogP contribution in [0, 0.1) is 0 Å². The third kappa shape index (κ3) is 9.06. The molecule has 0 bridgehead atoms. The van der Waals surface area contributed by atoms with Gasteiger partial charge in [0.2, 0.25) is 10.0 Å². The van der Waals surface area contributed by atoms with Gasteiger partial charge in [0.05, 0.1) is 11.4 Å². The zero-order chi connectivity index (χ0) is 20.4. The Morgan fingerprint density at radius 3 is 2.11 bits per heavy atom. The Hall–Kier alpha value is -0.910. The summed E-state index contributed by atoms with van der Waals surface area (Å²) in [6, 6.07) is 7.77. The molecule has 0 amide bonds. The molecule has 162 valence electrons. The van der Waals surface area contributed by atoms with E-state index in [4.69, 9.17) is 0 Å². The molecule has 0 aliphatic carbocycles.